The number of rotatable bonds is 3. The highest BCUT2D eigenvalue weighted by Gasteiger charge is 2.26. The average molecular weight is 204 g/mol. The van der Waals surface area contributed by atoms with Gasteiger partial charge in [0.15, 0.2) is 9.84 Å². The Bertz CT molecular complexity index is 309. The summed E-state index contributed by atoms with van der Waals surface area (Å²) >= 11 is 0. The minimum absolute atomic E-state index is 0.358. The minimum atomic E-state index is -3.32. The zero-order chi connectivity index (χ0) is 9.90. The fourth-order valence-corrected chi connectivity index (χ4v) is 3.00. The fraction of sp³-hybridized carbons (Fsp3) is 0.625. The molecule has 13 heavy (non-hydrogen) atoms. The predicted octanol–water partition coefficient (Wildman–Crippen LogP) is 0.942. The van der Waals surface area contributed by atoms with E-state index < -0.39 is 15.8 Å². The van der Waals surface area contributed by atoms with E-state index in [1.54, 1.807) is 0 Å². The first-order valence-corrected chi connectivity index (χ1v) is 5.78. The Kier molecular flexibility index (Phi) is 3.08. The van der Waals surface area contributed by atoms with E-state index in [2.05, 4.69) is 0 Å². The van der Waals surface area contributed by atoms with Crippen molar-refractivity contribution < 1.29 is 18.3 Å². The molecule has 0 aliphatic heterocycles. The van der Waals surface area contributed by atoms with Crippen LogP contribution in [0.2, 0.25) is 0 Å². The second kappa shape index (κ2) is 3.91. The van der Waals surface area contributed by atoms with E-state index in [0.717, 1.165) is 18.2 Å². The molecular weight excluding hydrogens is 192 g/mol. The number of hydrogen-bond acceptors (Lipinski definition) is 3. The van der Waals surface area contributed by atoms with Gasteiger partial charge in [-0.3, -0.25) is 0 Å². The number of carboxylic acids is 1. The number of carboxylic acid groups (broad SMARTS) is 1. The molecule has 1 rings (SSSR count). The van der Waals surface area contributed by atoms with Gasteiger partial charge in [-0.1, -0.05) is 12.8 Å². The van der Waals surface area contributed by atoms with Crippen molar-refractivity contribution in [3.63, 3.8) is 0 Å². The van der Waals surface area contributed by atoms with Crippen LogP contribution in [-0.2, 0) is 14.6 Å². The molecule has 0 atom stereocenters. The molecule has 0 heterocycles. The Morgan fingerprint density at radius 1 is 1.31 bits per heavy atom. The summed E-state index contributed by atoms with van der Waals surface area (Å²) in [5.74, 6) is -1.22. The van der Waals surface area contributed by atoms with E-state index in [4.69, 9.17) is 5.11 Å². The molecule has 1 N–H and O–H groups in total. The quantitative estimate of drug-likeness (QED) is 0.694. The van der Waals surface area contributed by atoms with Crippen LogP contribution in [0, 0.1) is 0 Å². The summed E-state index contributed by atoms with van der Waals surface area (Å²) in [6.45, 7) is 0. The maximum Gasteiger partial charge on any atom is 0.329 e. The third-order valence-corrected chi connectivity index (χ3v) is 4.08. The molecule has 1 saturated carbocycles. The number of aliphatic carboxylic acids is 1. The highest BCUT2D eigenvalue weighted by atomic mass is 32.2. The van der Waals surface area contributed by atoms with Crippen LogP contribution in [0.5, 0.6) is 0 Å². The summed E-state index contributed by atoms with van der Waals surface area (Å²) < 4.78 is 22.8. The molecular formula is C8H12O4S. The number of carbonyl (C=O) groups is 1. The van der Waals surface area contributed by atoms with Gasteiger partial charge in [0.05, 0.1) is 5.25 Å². The van der Waals surface area contributed by atoms with Gasteiger partial charge in [-0.05, 0) is 12.8 Å². The molecule has 0 aromatic heterocycles. The van der Waals surface area contributed by atoms with E-state index in [9.17, 15) is 13.2 Å². The number of hydrogen-bond donors (Lipinski definition) is 1. The Morgan fingerprint density at radius 2 is 1.85 bits per heavy atom. The largest absolute Gasteiger partial charge is 0.478 e. The molecule has 1 fully saturated rings. The first kappa shape index (κ1) is 10.2. The van der Waals surface area contributed by atoms with Crippen LogP contribution < -0.4 is 0 Å². The third-order valence-electron chi connectivity index (χ3n) is 2.17. The predicted molar refractivity (Wildman–Crippen MR) is 48.0 cm³/mol. The van der Waals surface area contributed by atoms with Gasteiger partial charge in [0.25, 0.3) is 0 Å². The van der Waals surface area contributed by atoms with Crippen molar-refractivity contribution in [1.82, 2.24) is 0 Å². The van der Waals surface area contributed by atoms with Crippen LogP contribution in [-0.4, -0.2) is 24.7 Å². The van der Waals surface area contributed by atoms with Crippen LogP contribution in [0.25, 0.3) is 0 Å². The lowest BCUT2D eigenvalue weighted by molar-refractivity contribution is -0.131. The maximum absolute atomic E-state index is 11.4. The van der Waals surface area contributed by atoms with Crippen molar-refractivity contribution in [2.75, 3.05) is 0 Å². The van der Waals surface area contributed by atoms with Crippen LogP contribution in [0.4, 0.5) is 0 Å². The SMILES string of the molecule is O=C(O)/C=C/S(=O)(=O)C1CCCC1. The lowest BCUT2D eigenvalue weighted by Gasteiger charge is -2.04. The molecule has 0 saturated heterocycles. The highest BCUT2D eigenvalue weighted by Crippen LogP contribution is 2.25. The van der Waals surface area contributed by atoms with Crippen molar-refractivity contribution in [2.24, 2.45) is 0 Å². The molecule has 0 bridgehead atoms. The highest BCUT2D eigenvalue weighted by molar-refractivity contribution is 7.94. The lowest BCUT2D eigenvalue weighted by atomic mass is 10.4. The van der Waals surface area contributed by atoms with Crippen LogP contribution in [0.3, 0.4) is 0 Å². The summed E-state index contributed by atoms with van der Waals surface area (Å²) in [5.41, 5.74) is 0. The second-order valence-corrected chi connectivity index (χ2v) is 5.25. The van der Waals surface area contributed by atoms with Crippen LogP contribution in [0.1, 0.15) is 25.7 Å². The third kappa shape index (κ3) is 2.84. The van der Waals surface area contributed by atoms with E-state index in [0.29, 0.717) is 18.9 Å². The standard InChI is InChI=1S/C8H12O4S/c9-8(10)5-6-13(11,12)7-3-1-2-4-7/h5-7H,1-4H2,(H,9,10)/b6-5+. The summed E-state index contributed by atoms with van der Waals surface area (Å²) in [5, 5.41) is 8.72. The fourth-order valence-electron chi connectivity index (χ4n) is 1.48. The molecule has 0 amide bonds. The van der Waals surface area contributed by atoms with Crippen molar-refractivity contribution in [3.8, 4) is 0 Å². The maximum atomic E-state index is 11.4. The zero-order valence-corrected chi connectivity index (χ0v) is 7.96. The average Bonchev–Trinajstić information content (AvgIpc) is 2.53. The van der Waals surface area contributed by atoms with Crippen molar-refractivity contribution in [1.29, 1.82) is 0 Å². The van der Waals surface area contributed by atoms with Crippen LogP contribution in [0.15, 0.2) is 11.5 Å². The summed E-state index contributed by atoms with van der Waals surface area (Å²) in [7, 11) is -3.32. The molecule has 4 nitrogen and oxygen atoms in total. The van der Waals surface area contributed by atoms with Crippen molar-refractivity contribution in [3.05, 3.63) is 11.5 Å². The van der Waals surface area contributed by atoms with E-state index in [-0.39, 0.29) is 5.25 Å². The molecule has 1 aliphatic carbocycles. The molecule has 74 valence electrons. The Hall–Kier alpha value is -0.840. The van der Waals surface area contributed by atoms with Crippen molar-refractivity contribution in [2.45, 2.75) is 30.9 Å². The minimum Gasteiger partial charge on any atom is -0.478 e. The van der Waals surface area contributed by atoms with Gasteiger partial charge in [0, 0.05) is 11.5 Å². The van der Waals surface area contributed by atoms with Gasteiger partial charge >= 0.3 is 5.97 Å². The van der Waals surface area contributed by atoms with Crippen molar-refractivity contribution >= 4 is 15.8 Å². The van der Waals surface area contributed by atoms with E-state index in [1.165, 1.54) is 0 Å². The second-order valence-electron chi connectivity index (χ2n) is 3.14. The first-order chi connectivity index (χ1) is 6.02. The van der Waals surface area contributed by atoms with E-state index >= 15 is 0 Å². The van der Waals surface area contributed by atoms with Gasteiger partial charge in [0.2, 0.25) is 0 Å². The zero-order valence-electron chi connectivity index (χ0n) is 7.14. The summed E-state index contributed by atoms with van der Waals surface area (Å²) in [4.78, 5) is 10.1. The van der Waals surface area contributed by atoms with E-state index in [1.807, 2.05) is 0 Å². The molecule has 1 aliphatic rings. The molecule has 0 unspecified atom stereocenters. The molecule has 5 heteroatoms. The normalized spacial score (nSPS) is 19.7. The Labute approximate surface area is 77.2 Å². The summed E-state index contributed by atoms with van der Waals surface area (Å²) in [6, 6.07) is 0. The number of sulfone groups is 1. The van der Waals surface area contributed by atoms with Gasteiger partial charge in [-0.2, -0.15) is 0 Å². The Morgan fingerprint density at radius 3 is 2.31 bits per heavy atom. The summed E-state index contributed by atoms with van der Waals surface area (Å²) in [6.07, 6.45) is 3.85. The van der Waals surface area contributed by atoms with Gasteiger partial charge in [-0.25, -0.2) is 13.2 Å². The van der Waals surface area contributed by atoms with Gasteiger partial charge in [-0.15, -0.1) is 0 Å². The monoisotopic (exact) mass is 204 g/mol. The van der Waals surface area contributed by atoms with Crippen LogP contribution >= 0.6 is 0 Å². The first-order valence-electron chi connectivity index (χ1n) is 4.17. The molecule has 0 aromatic carbocycles. The Balaban J connectivity index is 2.70. The smallest absolute Gasteiger partial charge is 0.329 e. The topological polar surface area (TPSA) is 71.4 Å². The van der Waals surface area contributed by atoms with Gasteiger partial charge < -0.3 is 5.11 Å². The lowest BCUT2D eigenvalue weighted by Crippen LogP contribution is -2.14. The molecule has 0 radical (unpaired) electrons. The van der Waals surface area contributed by atoms with Gasteiger partial charge in [0.1, 0.15) is 0 Å². The molecule has 0 aromatic rings. The molecule has 0 spiro atoms.